The largest absolute Gasteiger partial charge is 0.339 e. The zero-order chi connectivity index (χ0) is 16.4. The lowest BCUT2D eigenvalue weighted by molar-refractivity contribution is -0.141. The van der Waals surface area contributed by atoms with Crippen LogP contribution in [0, 0.1) is 5.92 Å². The average Bonchev–Trinajstić information content (AvgIpc) is 2.99. The van der Waals surface area contributed by atoms with Crippen molar-refractivity contribution in [3.05, 3.63) is 35.9 Å². The minimum atomic E-state index is 0.0499. The Labute approximate surface area is 139 Å². The van der Waals surface area contributed by atoms with E-state index in [9.17, 15) is 4.79 Å². The summed E-state index contributed by atoms with van der Waals surface area (Å²) in [5.74, 6) is 1.21. The van der Waals surface area contributed by atoms with Gasteiger partial charge in [-0.05, 0) is 44.7 Å². The Hall–Kier alpha value is -1.39. The van der Waals surface area contributed by atoms with Gasteiger partial charge in [0.2, 0.25) is 5.91 Å². The molecule has 4 heteroatoms. The van der Waals surface area contributed by atoms with Crippen molar-refractivity contribution in [2.45, 2.75) is 44.7 Å². The van der Waals surface area contributed by atoms with Gasteiger partial charge in [0.05, 0.1) is 6.04 Å². The Morgan fingerprint density at radius 2 is 1.96 bits per heavy atom. The molecule has 0 bridgehead atoms. The number of carbonyl (C=O) groups is 1. The van der Waals surface area contributed by atoms with E-state index in [2.05, 4.69) is 49.1 Å². The highest BCUT2D eigenvalue weighted by Gasteiger charge is 2.41. The molecule has 126 valence electrons. The van der Waals surface area contributed by atoms with Crippen LogP contribution in [0.5, 0.6) is 0 Å². The third-order valence-corrected chi connectivity index (χ3v) is 5.51. The molecule has 2 saturated heterocycles. The minimum absolute atomic E-state index is 0.0499. The lowest BCUT2D eigenvalue weighted by Gasteiger charge is -2.39. The standard InChI is InChI=1S/C19H29N3O/c1-14(2)22-10-6-9-18(19(22)23)21-12-16(11-20)17(13-21)15-7-4-3-5-8-15/h3-5,7-8,14,16-18H,6,9-13,20H2,1-2H3/t16-,17+,18?/m1/s1. The Balaban J connectivity index is 1.75. The molecule has 1 aromatic rings. The molecule has 1 unspecified atom stereocenters. The number of nitrogens with zero attached hydrogens (tertiary/aromatic N) is 2. The highest BCUT2D eigenvalue weighted by atomic mass is 16.2. The van der Waals surface area contributed by atoms with Crippen LogP contribution in [0.2, 0.25) is 0 Å². The highest BCUT2D eigenvalue weighted by Crippen LogP contribution is 2.35. The molecule has 0 spiro atoms. The first-order valence-electron chi connectivity index (χ1n) is 8.91. The van der Waals surface area contributed by atoms with Gasteiger partial charge in [0.25, 0.3) is 0 Å². The van der Waals surface area contributed by atoms with E-state index in [4.69, 9.17) is 5.73 Å². The summed E-state index contributed by atoms with van der Waals surface area (Å²) in [6.07, 6.45) is 2.09. The number of hydrogen-bond donors (Lipinski definition) is 1. The summed E-state index contributed by atoms with van der Waals surface area (Å²) in [7, 11) is 0. The van der Waals surface area contributed by atoms with Crippen molar-refractivity contribution in [3.63, 3.8) is 0 Å². The summed E-state index contributed by atoms with van der Waals surface area (Å²) in [6, 6.07) is 11.0. The van der Waals surface area contributed by atoms with Crippen LogP contribution in [0.15, 0.2) is 30.3 Å². The molecular weight excluding hydrogens is 286 g/mol. The summed E-state index contributed by atoms with van der Waals surface area (Å²) in [5, 5.41) is 0. The maximum atomic E-state index is 12.8. The summed E-state index contributed by atoms with van der Waals surface area (Å²) in [4.78, 5) is 17.3. The number of nitrogens with two attached hydrogens (primary N) is 1. The van der Waals surface area contributed by atoms with E-state index in [-0.39, 0.29) is 6.04 Å². The van der Waals surface area contributed by atoms with Crippen molar-refractivity contribution in [2.75, 3.05) is 26.2 Å². The molecule has 2 aliphatic rings. The van der Waals surface area contributed by atoms with Crippen molar-refractivity contribution in [2.24, 2.45) is 11.7 Å². The molecule has 1 aromatic carbocycles. The predicted molar refractivity (Wildman–Crippen MR) is 93.2 cm³/mol. The second-order valence-electron chi connectivity index (χ2n) is 7.25. The fourth-order valence-corrected chi connectivity index (χ4v) is 4.21. The summed E-state index contributed by atoms with van der Waals surface area (Å²) >= 11 is 0. The van der Waals surface area contributed by atoms with Crippen LogP contribution in [-0.4, -0.2) is 54.0 Å². The molecule has 2 heterocycles. The SMILES string of the molecule is CC(C)N1CCCC(N2C[C@@H](CN)[C@H](c3ccccc3)C2)C1=O. The molecule has 3 atom stereocenters. The smallest absolute Gasteiger partial charge is 0.240 e. The van der Waals surface area contributed by atoms with Gasteiger partial charge >= 0.3 is 0 Å². The van der Waals surface area contributed by atoms with Crippen molar-refractivity contribution < 1.29 is 4.79 Å². The molecule has 23 heavy (non-hydrogen) atoms. The van der Waals surface area contributed by atoms with Crippen LogP contribution in [0.3, 0.4) is 0 Å². The Kier molecular flexibility index (Phi) is 5.02. The first-order valence-corrected chi connectivity index (χ1v) is 8.91. The topological polar surface area (TPSA) is 49.6 Å². The van der Waals surface area contributed by atoms with E-state index in [0.717, 1.165) is 32.5 Å². The molecule has 0 aliphatic carbocycles. The second kappa shape index (κ2) is 7.02. The third kappa shape index (κ3) is 3.29. The lowest BCUT2D eigenvalue weighted by Crippen LogP contribution is -2.53. The van der Waals surface area contributed by atoms with Gasteiger partial charge in [-0.15, -0.1) is 0 Å². The van der Waals surface area contributed by atoms with Crippen molar-refractivity contribution in [1.82, 2.24) is 9.80 Å². The fourth-order valence-electron chi connectivity index (χ4n) is 4.21. The Morgan fingerprint density at radius 1 is 1.22 bits per heavy atom. The van der Waals surface area contributed by atoms with Crippen LogP contribution in [-0.2, 0) is 4.79 Å². The van der Waals surface area contributed by atoms with E-state index in [1.165, 1.54) is 5.56 Å². The molecule has 2 N–H and O–H groups in total. The van der Waals surface area contributed by atoms with Gasteiger partial charge < -0.3 is 10.6 Å². The number of rotatable bonds is 4. The van der Waals surface area contributed by atoms with Gasteiger partial charge in [-0.1, -0.05) is 30.3 Å². The quantitative estimate of drug-likeness (QED) is 0.925. The van der Waals surface area contributed by atoms with Crippen LogP contribution in [0.4, 0.5) is 0 Å². The summed E-state index contributed by atoms with van der Waals surface area (Å²) in [5.41, 5.74) is 7.40. The first kappa shape index (κ1) is 16.5. The number of benzene rings is 1. The Bertz CT molecular complexity index is 531. The van der Waals surface area contributed by atoms with Crippen LogP contribution >= 0.6 is 0 Å². The number of piperidine rings is 1. The van der Waals surface area contributed by atoms with E-state index in [1.807, 2.05) is 4.90 Å². The molecule has 2 fully saturated rings. The first-order chi connectivity index (χ1) is 11.1. The molecule has 4 nitrogen and oxygen atoms in total. The van der Waals surface area contributed by atoms with Gasteiger partial charge in [0.15, 0.2) is 0 Å². The van der Waals surface area contributed by atoms with Crippen LogP contribution in [0.25, 0.3) is 0 Å². The Morgan fingerprint density at radius 3 is 2.61 bits per heavy atom. The fraction of sp³-hybridized carbons (Fsp3) is 0.632. The predicted octanol–water partition coefficient (Wildman–Crippen LogP) is 2.06. The molecule has 0 aromatic heterocycles. The second-order valence-corrected chi connectivity index (χ2v) is 7.25. The number of likely N-dealkylation sites (tertiary alicyclic amines) is 2. The zero-order valence-electron chi connectivity index (χ0n) is 14.3. The zero-order valence-corrected chi connectivity index (χ0v) is 14.3. The van der Waals surface area contributed by atoms with Crippen LogP contribution in [0.1, 0.15) is 38.2 Å². The monoisotopic (exact) mass is 315 g/mol. The van der Waals surface area contributed by atoms with Gasteiger partial charge in [-0.2, -0.15) is 0 Å². The molecule has 0 radical (unpaired) electrons. The van der Waals surface area contributed by atoms with E-state index >= 15 is 0 Å². The molecule has 0 saturated carbocycles. The molecule has 3 rings (SSSR count). The average molecular weight is 315 g/mol. The molecule has 2 aliphatic heterocycles. The number of amides is 1. The van der Waals surface area contributed by atoms with E-state index < -0.39 is 0 Å². The number of carbonyl (C=O) groups excluding carboxylic acids is 1. The molecular formula is C19H29N3O. The number of hydrogen-bond acceptors (Lipinski definition) is 3. The summed E-state index contributed by atoms with van der Waals surface area (Å²) in [6.45, 7) is 7.71. The lowest BCUT2D eigenvalue weighted by atomic mass is 9.89. The van der Waals surface area contributed by atoms with Crippen molar-refractivity contribution in [1.29, 1.82) is 0 Å². The van der Waals surface area contributed by atoms with Gasteiger partial charge in [0.1, 0.15) is 0 Å². The van der Waals surface area contributed by atoms with Gasteiger partial charge in [-0.3, -0.25) is 9.69 Å². The maximum absolute atomic E-state index is 12.8. The van der Waals surface area contributed by atoms with Gasteiger partial charge in [-0.25, -0.2) is 0 Å². The molecule has 1 amide bonds. The van der Waals surface area contributed by atoms with E-state index in [0.29, 0.717) is 30.3 Å². The van der Waals surface area contributed by atoms with Crippen LogP contribution < -0.4 is 5.73 Å². The van der Waals surface area contributed by atoms with Crippen molar-refractivity contribution in [3.8, 4) is 0 Å². The minimum Gasteiger partial charge on any atom is -0.339 e. The summed E-state index contributed by atoms with van der Waals surface area (Å²) < 4.78 is 0. The van der Waals surface area contributed by atoms with Gasteiger partial charge in [0, 0.05) is 31.6 Å². The maximum Gasteiger partial charge on any atom is 0.240 e. The van der Waals surface area contributed by atoms with Crippen molar-refractivity contribution >= 4 is 5.91 Å². The normalized spacial score (nSPS) is 29.5. The van der Waals surface area contributed by atoms with E-state index in [1.54, 1.807) is 0 Å². The highest BCUT2D eigenvalue weighted by molar-refractivity contribution is 5.83. The third-order valence-electron chi connectivity index (χ3n) is 5.51.